The van der Waals surface area contributed by atoms with Crippen LogP contribution in [0, 0.1) is 11.8 Å². The Labute approximate surface area is 160 Å². The fourth-order valence-corrected chi connectivity index (χ4v) is 5.90. The third kappa shape index (κ3) is 2.94. The molecule has 1 aromatic heterocycles. The summed E-state index contributed by atoms with van der Waals surface area (Å²) < 4.78 is 58.2. The predicted molar refractivity (Wildman–Crippen MR) is 92.7 cm³/mol. The van der Waals surface area contributed by atoms with Crippen molar-refractivity contribution >= 4 is 10.0 Å². The van der Waals surface area contributed by atoms with E-state index in [0.717, 1.165) is 25.7 Å². The lowest BCUT2D eigenvalue weighted by Gasteiger charge is -2.30. The van der Waals surface area contributed by atoms with Crippen molar-refractivity contribution in [3.8, 4) is 11.5 Å². The van der Waals surface area contributed by atoms with Crippen molar-refractivity contribution in [1.82, 2.24) is 14.5 Å². The van der Waals surface area contributed by atoms with Crippen LogP contribution in [0.2, 0.25) is 0 Å². The van der Waals surface area contributed by atoms with Gasteiger partial charge in [-0.05, 0) is 55.2 Å². The molecule has 10 heteroatoms. The summed E-state index contributed by atoms with van der Waals surface area (Å²) in [7, 11) is -3.81. The van der Waals surface area contributed by atoms with Gasteiger partial charge in [0.25, 0.3) is 5.89 Å². The van der Waals surface area contributed by atoms with Crippen molar-refractivity contribution in [3.05, 3.63) is 29.7 Å². The van der Waals surface area contributed by atoms with Gasteiger partial charge in [0, 0.05) is 12.1 Å². The van der Waals surface area contributed by atoms with Crippen molar-refractivity contribution < 1.29 is 26.7 Å². The van der Waals surface area contributed by atoms with Crippen molar-refractivity contribution in [2.45, 2.75) is 55.7 Å². The van der Waals surface area contributed by atoms with Crippen molar-refractivity contribution in [1.29, 1.82) is 0 Å². The van der Waals surface area contributed by atoms with E-state index in [1.807, 2.05) is 0 Å². The molecule has 2 unspecified atom stereocenters. The van der Waals surface area contributed by atoms with E-state index in [9.17, 15) is 22.3 Å². The molecule has 0 bridgehead atoms. The molecule has 0 radical (unpaired) electrons. The Bertz CT molecular complexity index is 1020. The molecule has 2 aliphatic carbocycles. The summed E-state index contributed by atoms with van der Waals surface area (Å²) in [5.74, 6) is -0.597. The highest BCUT2D eigenvalue weighted by atomic mass is 32.2. The fraction of sp³-hybridized carbons (Fsp3) is 0.556. The molecule has 0 amide bonds. The topological polar surface area (TPSA) is 96.5 Å². The second-order valence-electron chi connectivity index (χ2n) is 7.77. The van der Waals surface area contributed by atoms with E-state index in [2.05, 4.69) is 10.2 Å². The summed E-state index contributed by atoms with van der Waals surface area (Å²) in [6, 6.07) is 4.20. The first-order valence-corrected chi connectivity index (χ1v) is 10.7. The normalized spacial score (nSPS) is 23.7. The first-order valence-electron chi connectivity index (χ1n) is 9.31. The van der Waals surface area contributed by atoms with Crippen LogP contribution in [-0.4, -0.2) is 40.2 Å². The van der Waals surface area contributed by atoms with Gasteiger partial charge in [-0.15, -0.1) is 10.2 Å². The van der Waals surface area contributed by atoms with Crippen LogP contribution in [0.5, 0.6) is 0 Å². The Balaban J connectivity index is 1.49. The third-order valence-corrected chi connectivity index (χ3v) is 7.67. The molecule has 2 saturated carbocycles. The maximum atomic E-state index is 13.2. The smallest absolute Gasteiger partial charge is 0.314 e. The Hall–Kier alpha value is -1.91. The van der Waals surface area contributed by atoms with E-state index in [1.165, 1.54) is 10.4 Å². The maximum Gasteiger partial charge on any atom is 0.314 e. The zero-order valence-electron chi connectivity index (χ0n) is 14.8. The molecule has 0 saturated heterocycles. The van der Waals surface area contributed by atoms with Crippen LogP contribution in [0.25, 0.3) is 11.5 Å². The number of halogens is 2. The van der Waals surface area contributed by atoms with Crippen LogP contribution in [0.15, 0.2) is 27.5 Å². The molecule has 150 valence electrons. The summed E-state index contributed by atoms with van der Waals surface area (Å²) in [6.07, 6.45) is 0.151. The highest BCUT2D eigenvalue weighted by Gasteiger charge is 2.51. The minimum absolute atomic E-state index is 0.107. The summed E-state index contributed by atoms with van der Waals surface area (Å²) in [4.78, 5) is 0.107. The summed E-state index contributed by atoms with van der Waals surface area (Å²) in [5, 5.41) is 17.6. The van der Waals surface area contributed by atoms with Crippen LogP contribution in [0.1, 0.15) is 43.6 Å². The number of aliphatic hydroxyl groups is 1. The number of aliphatic hydroxyl groups excluding tert-OH is 1. The molecule has 1 aliphatic heterocycles. The molecule has 2 heterocycles. The van der Waals surface area contributed by atoms with Gasteiger partial charge in [0.15, 0.2) is 0 Å². The minimum Gasteiger partial charge on any atom is -0.415 e. The predicted octanol–water partition coefficient (Wildman–Crippen LogP) is 2.73. The second kappa shape index (κ2) is 6.30. The lowest BCUT2D eigenvalue weighted by molar-refractivity contribution is 0.0594. The van der Waals surface area contributed by atoms with Crippen molar-refractivity contribution in [2.75, 3.05) is 0 Å². The van der Waals surface area contributed by atoms with Crippen molar-refractivity contribution in [2.24, 2.45) is 11.8 Å². The number of hydrogen-bond acceptors (Lipinski definition) is 6. The van der Waals surface area contributed by atoms with Gasteiger partial charge in [-0.2, -0.15) is 13.1 Å². The molecule has 28 heavy (non-hydrogen) atoms. The maximum absolute atomic E-state index is 13.2. The van der Waals surface area contributed by atoms with E-state index in [1.54, 1.807) is 12.1 Å². The molecule has 0 spiro atoms. The SMILES string of the molecule is O=S1(=O)c2cc(-c3nnc(C(F)F)o3)ccc2CN1C(C1CC1)C(O)C1CC1. The minimum atomic E-state index is -3.81. The van der Waals surface area contributed by atoms with Crippen molar-refractivity contribution in [3.63, 3.8) is 0 Å². The van der Waals surface area contributed by atoms with Gasteiger partial charge in [-0.3, -0.25) is 0 Å². The summed E-state index contributed by atoms with van der Waals surface area (Å²) in [5.41, 5.74) is 0.889. The molecule has 2 aromatic rings. The van der Waals surface area contributed by atoms with E-state index in [4.69, 9.17) is 4.42 Å². The number of aromatic nitrogens is 2. The van der Waals surface area contributed by atoms with E-state index >= 15 is 0 Å². The lowest BCUT2D eigenvalue weighted by atomic mass is 10.0. The standard InChI is InChI=1S/C18H19F2N3O4S/c19-16(20)18-22-21-17(27-18)11-5-6-12-8-23(28(25,26)13(12)7-11)14(9-1-2-9)15(24)10-3-4-10/h5-7,9-10,14-16,24H,1-4,8H2. The van der Waals surface area contributed by atoms with E-state index in [-0.39, 0.29) is 34.7 Å². The number of fused-ring (bicyclic) bond motifs is 1. The lowest BCUT2D eigenvalue weighted by Crippen LogP contribution is -2.46. The van der Waals surface area contributed by atoms with Crippen LogP contribution >= 0.6 is 0 Å². The number of benzene rings is 1. The molecule has 3 aliphatic rings. The molecule has 2 fully saturated rings. The van der Waals surface area contributed by atoms with Gasteiger partial charge >= 0.3 is 6.43 Å². The van der Waals surface area contributed by atoms with Gasteiger partial charge in [0.2, 0.25) is 15.9 Å². The Morgan fingerprint density at radius 1 is 1.14 bits per heavy atom. The zero-order chi connectivity index (χ0) is 19.6. The summed E-state index contributed by atoms with van der Waals surface area (Å²) >= 11 is 0. The number of sulfonamides is 1. The largest absolute Gasteiger partial charge is 0.415 e. The molecule has 1 N–H and O–H groups in total. The average molecular weight is 411 g/mol. The van der Waals surface area contributed by atoms with Gasteiger partial charge in [-0.1, -0.05) is 6.07 Å². The molecule has 2 atom stereocenters. The fourth-order valence-electron chi connectivity index (χ4n) is 3.98. The van der Waals surface area contributed by atoms with Crippen LogP contribution in [0.4, 0.5) is 8.78 Å². The summed E-state index contributed by atoms with van der Waals surface area (Å²) in [6.45, 7) is 0.203. The van der Waals surface area contributed by atoms with Gasteiger partial charge in [0.05, 0.1) is 17.0 Å². The molecule has 5 rings (SSSR count). The number of rotatable bonds is 6. The van der Waals surface area contributed by atoms with Gasteiger partial charge in [0.1, 0.15) is 0 Å². The Kier molecular flexibility index (Phi) is 4.08. The first-order chi connectivity index (χ1) is 13.4. The van der Waals surface area contributed by atoms with Gasteiger partial charge < -0.3 is 9.52 Å². The highest BCUT2D eigenvalue weighted by molar-refractivity contribution is 7.89. The zero-order valence-corrected chi connectivity index (χ0v) is 15.6. The Morgan fingerprint density at radius 3 is 2.46 bits per heavy atom. The highest BCUT2D eigenvalue weighted by Crippen LogP contribution is 2.47. The second-order valence-corrected chi connectivity index (χ2v) is 9.63. The number of alkyl halides is 2. The Morgan fingerprint density at radius 2 is 1.86 bits per heavy atom. The molecular weight excluding hydrogens is 392 g/mol. The van der Waals surface area contributed by atoms with E-state index < -0.39 is 34.5 Å². The van der Waals surface area contributed by atoms with Crippen LogP contribution < -0.4 is 0 Å². The molecular formula is C18H19F2N3O4S. The van der Waals surface area contributed by atoms with Crippen LogP contribution in [0.3, 0.4) is 0 Å². The van der Waals surface area contributed by atoms with Gasteiger partial charge in [-0.25, -0.2) is 8.42 Å². The van der Waals surface area contributed by atoms with Crippen LogP contribution in [-0.2, 0) is 16.6 Å². The van der Waals surface area contributed by atoms with E-state index in [0.29, 0.717) is 5.56 Å². The quantitative estimate of drug-likeness (QED) is 0.785. The first kappa shape index (κ1) is 18.1. The monoisotopic (exact) mass is 411 g/mol. The average Bonchev–Trinajstić information content (AvgIpc) is 3.58. The third-order valence-electron chi connectivity index (χ3n) is 5.75. The molecule has 1 aromatic carbocycles. The number of hydrogen-bond donors (Lipinski definition) is 1. The number of nitrogens with zero attached hydrogens (tertiary/aromatic N) is 3. The molecule has 7 nitrogen and oxygen atoms in total.